The lowest BCUT2D eigenvalue weighted by molar-refractivity contribution is 0.0938. The quantitative estimate of drug-likeness (QED) is 0.913. The van der Waals surface area contributed by atoms with Gasteiger partial charge in [0, 0.05) is 23.0 Å². The summed E-state index contributed by atoms with van der Waals surface area (Å²) < 4.78 is 0. The Labute approximate surface area is 121 Å². The van der Waals surface area contributed by atoms with Crippen LogP contribution in [0.1, 0.15) is 34.6 Å². The van der Waals surface area contributed by atoms with Crippen molar-refractivity contribution < 1.29 is 4.79 Å². The number of hydrogen-bond donors (Lipinski definition) is 2. The average Bonchev–Trinajstić information content (AvgIpc) is 2.39. The molecule has 20 heavy (non-hydrogen) atoms. The van der Waals surface area contributed by atoms with Crippen LogP contribution in [0.4, 0.5) is 0 Å². The first-order valence-corrected chi connectivity index (χ1v) is 6.61. The van der Waals surface area contributed by atoms with Gasteiger partial charge in [-0.3, -0.25) is 9.59 Å². The van der Waals surface area contributed by atoms with Crippen molar-refractivity contribution in [3.8, 4) is 0 Å². The fraction of sp³-hybridized carbons (Fsp3) is 0.200. The monoisotopic (exact) mass is 290 g/mol. The Balaban J connectivity index is 2.15. The summed E-state index contributed by atoms with van der Waals surface area (Å²) in [5.41, 5.74) is 1.46. The molecule has 0 radical (unpaired) electrons. The zero-order valence-electron chi connectivity index (χ0n) is 11.2. The Kier molecular flexibility index (Phi) is 4.25. The largest absolute Gasteiger partial charge is 0.364 e. The number of aromatic amines is 1. The number of carbonyl (C=O) groups is 1. The maximum absolute atomic E-state index is 12.1. The smallest absolute Gasteiger partial charge is 0.257 e. The summed E-state index contributed by atoms with van der Waals surface area (Å²) in [6.45, 7) is 3.61. The van der Waals surface area contributed by atoms with Gasteiger partial charge in [-0.15, -0.1) is 0 Å². The van der Waals surface area contributed by atoms with E-state index >= 15 is 0 Å². The van der Waals surface area contributed by atoms with Gasteiger partial charge in [-0.2, -0.15) is 0 Å². The van der Waals surface area contributed by atoms with Crippen LogP contribution in [0.15, 0.2) is 41.3 Å². The molecule has 0 aliphatic heterocycles. The Morgan fingerprint density at radius 1 is 1.30 bits per heavy atom. The predicted molar refractivity (Wildman–Crippen MR) is 79.1 cm³/mol. The van der Waals surface area contributed by atoms with Crippen molar-refractivity contribution in [2.45, 2.75) is 19.9 Å². The molecule has 2 N–H and O–H groups in total. The SMILES string of the molecule is Cc1cc(=O)c(C(=O)NC(C)c2ccc(Cl)cc2)c[nH]1. The van der Waals surface area contributed by atoms with Crippen molar-refractivity contribution in [3.05, 3.63) is 68.6 Å². The number of halogens is 1. The fourth-order valence-corrected chi connectivity index (χ4v) is 1.99. The van der Waals surface area contributed by atoms with E-state index in [0.717, 1.165) is 11.3 Å². The second-order valence-electron chi connectivity index (χ2n) is 4.64. The van der Waals surface area contributed by atoms with Crippen LogP contribution in [0, 0.1) is 6.92 Å². The summed E-state index contributed by atoms with van der Waals surface area (Å²) in [6, 6.07) is 8.40. The molecule has 0 spiro atoms. The molecular formula is C15H15ClN2O2. The molecule has 0 aliphatic rings. The molecule has 104 valence electrons. The van der Waals surface area contributed by atoms with E-state index in [0.29, 0.717) is 5.02 Å². The minimum absolute atomic E-state index is 0.108. The number of pyridine rings is 1. The van der Waals surface area contributed by atoms with Crippen molar-refractivity contribution >= 4 is 17.5 Å². The predicted octanol–water partition coefficient (Wildman–Crippen LogP) is 2.83. The molecule has 0 saturated heterocycles. The molecule has 1 unspecified atom stereocenters. The first-order valence-electron chi connectivity index (χ1n) is 6.23. The minimum Gasteiger partial charge on any atom is -0.364 e. The zero-order valence-corrected chi connectivity index (χ0v) is 12.0. The third-order valence-corrected chi connectivity index (χ3v) is 3.27. The molecule has 0 fully saturated rings. The minimum atomic E-state index is -0.395. The van der Waals surface area contributed by atoms with Crippen molar-refractivity contribution in [1.82, 2.24) is 10.3 Å². The van der Waals surface area contributed by atoms with E-state index in [1.807, 2.05) is 19.1 Å². The van der Waals surface area contributed by atoms with Crippen molar-refractivity contribution in [2.75, 3.05) is 0 Å². The van der Waals surface area contributed by atoms with Crippen LogP contribution in [0.25, 0.3) is 0 Å². The first-order chi connectivity index (χ1) is 9.47. The van der Waals surface area contributed by atoms with Gasteiger partial charge in [0.25, 0.3) is 5.91 Å². The molecule has 2 aromatic rings. The highest BCUT2D eigenvalue weighted by Crippen LogP contribution is 2.16. The molecule has 2 rings (SSSR count). The fourth-order valence-electron chi connectivity index (χ4n) is 1.86. The summed E-state index contributed by atoms with van der Waals surface area (Å²) in [5.74, 6) is -0.395. The van der Waals surface area contributed by atoms with Gasteiger partial charge in [0.1, 0.15) is 5.56 Å². The molecule has 1 aromatic carbocycles. The lowest BCUT2D eigenvalue weighted by Crippen LogP contribution is -2.30. The number of benzene rings is 1. The van der Waals surface area contributed by atoms with E-state index in [1.165, 1.54) is 12.3 Å². The number of hydrogen-bond acceptors (Lipinski definition) is 2. The van der Waals surface area contributed by atoms with E-state index in [4.69, 9.17) is 11.6 Å². The number of aromatic nitrogens is 1. The van der Waals surface area contributed by atoms with E-state index < -0.39 is 5.91 Å². The summed E-state index contributed by atoms with van der Waals surface area (Å²) in [7, 11) is 0. The van der Waals surface area contributed by atoms with Gasteiger partial charge in [-0.1, -0.05) is 23.7 Å². The number of amides is 1. The van der Waals surface area contributed by atoms with Gasteiger partial charge in [0.2, 0.25) is 0 Å². The highest BCUT2D eigenvalue weighted by molar-refractivity contribution is 6.30. The Morgan fingerprint density at radius 2 is 1.95 bits per heavy atom. The molecule has 1 atom stereocenters. The van der Waals surface area contributed by atoms with Crippen LogP contribution >= 0.6 is 11.6 Å². The molecule has 0 aliphatic carbocycles. The van der Waals surface area contributed by atoms with Gasteiger partial charge in [0.15, 0.2) is 5.43 Å². The molecule has 0 saturated carbocycles. The second kappa shape index (κ2) is 5.92. The third kappa shape index (κ3) is 3.27. The summed E-state index contributed by atoms with van der Waals surface area (Å²) >= 11 is 5.82. The number of H-pyrrole nitrogens is 1. The van der Waals surface area contributed by atoms with Gasteiger partial charge >= 0.3 is 0 Å². The Morgan fingerprint density at radius 3 is 2.55 bits per heavy atom. The van der Waals surface area contributed by atoms with E-state index in [-0.39, 0.29) is 17.0 Å². The van der Waals surface area contributed by atoms with Crippen LogP contribution in [0.5, 0.6) is 0 Å². The molecule has 5 heteroatoms. The summed E-state index contributed by atoms with van der Waals surface area (Å²) in [4.78, 5) is 26.7. The van der Waals surface area contributed by atoms with Gasteiger partial charge in [0.05, 0.1) is 6.04 Å². The van der Waals surface area contributed by atoms with Crippen molar-refractivity contribution in [3.63, 3.8) is 0 Å². The zero-order chi connectivity index (χ0) is 14.7. The highest BCUT2D eigenvalue weighted by Gasteiger charge is 2.14. The van der Waals surface area contributed by atoms with Crippen LogP contribution in [0.3, 0.4) is 0 Å². The van der Waals surface area contributed by atoms with E-state index in [1.54, 1.807) is 19.1 Å². The van der Waals surface area contributed by atoms with Gasteiger partial charge < -0.3 is 10.3 Å². The number of aryl methyl sites for hydroxylation is 1. The Hall–Kier alpha value is -2.07. The van der Waals surface area contributed by atoms with Crippen LogP contribution in [0.2, 0.25) is 5.02 Å². The molecular weight excluding hydrogens is 276 g/mol. The van der Waals surface area contributed by atoms with Gasteiger partial charge in [-0.05, 0) is 31.5 Å². The lowest BCUT2D eigenvalue weighted by Gasteiger charge is -2.14. The maximum atomic E-state index is 12.1. The highest BCUT2D eigenvalue weighted by atomic mass is 35.5. The summed E-state index contributed by atoms with van der Waals surface area (Å²) in [6.07, 6.45) is 1.43. The van der Waals surface area contributed by atoms with E-state index in [9.17, 15) is 9.59 Å². The van der Waals surface area contributed by atoms with E-state index in [2.05, 4.69) is 10.3 Å². The first kappa shape index (κ1) is 14.3. The maximum Gasteiger partial charge on any atom is 0.257 e. The number of nitrogens with one attached hydrogen (secondary N) is 2. The van der Waals surface area contributed by atoms with Crippen molar-refractivity contribution in [2.24, 2.45) is 0 Å². The standard InChI is InChI=1S/C15H15ClN2O2/c1-9-7-14(19)13(8-17-9)15(20)18-10(2)11-3-5-12(16)6-4-11/h3-8,10H,1-2H3,(H,17,19)(H,18,20). The van der Waals surface area contributed by atoms with Crippen LogP contribution in [-0.2, 0) is 0 Å². The Bertz CT molecular complexity index is 677. The molecule has 4 nitrogen and oxygen atoms in total. The lowest BCUT2D eigenvalue weighted by atomic mass is 10.1. The normalized spacial score (nSPS) is 11.9. The number of carbonyl (C=O) groups excluding carboxylic acids is 1. The molecule has 0 bridgehead atoms. The molecule has 1 amide bonds. The summed E-state index contributed by atoms with van der Waals surface area (Å²) in [5, 5.41) is 3.43. The molecule has 1 heterocycles. The number of rotatable bonds is 3. The van der Waals surface area contributed by atoms with Crippen LogP contribution < -0.4 is 10.7 Å². The average molecular weight is 291 g/mol. The topological polar surface area (TPSA) is 62.0 Å². The van der Waals surface area contributed by atoms with Crippen molar-refractivity contribution in [1.29, 1.82) is 0 Å². The van der Waals surface area contributed by atoms with Crippen LogP contribution in [-0.4, -0.2) is 10.9 Å². The second-order valence-corrected chi connectivity index (χ2v) is 5.08. The van der Waals surface area contributed by atoms with Gasteiger partial charge in [-0.25, -0.2) is 0 Å². The molecule has 1 aromatic heterocycles. The third-order valence-electron chi connectivity index (χ3n) is 3.02.